The van der Waals surface area contributed by atoms with Crippen molar-refractivity contribution < 1.29 is 24.2 Å². The van der Waals surface area contributed by atoms with E-state index in [1.165, 1.54) is 0 Å². The van der Waals surface area contributed by atoms with E-state index in [-0.39, 0.29) is 30.4 Å². The van der Waals surface area contributed by atoms with Crippen molar-refractivity contribution in [1.29, 1.82) is 0 Å². The molecule has 0 aromatic heterocycles. The fourth-order valence-electron chi connectivity index (χ4n) is 6.75. The van der Waals surface area contributed by atoms with Gasteiger partial charge in [0, 0.05) is 17.3 Å². The number of aliphatic hydroxyl groups excluding tert-OH is 1. The maximum Gasteiger partial charge on any atom is 0.311 e. The predicted octanol–water partition coefficient (Wildman–Crippen LogP) is 3.37. The highest BCUT2D eigenvalue weighted by Crippen LogP contribution is 2.65. The van der Waals surface area contributed by atoms with Crippen molar-refractivity contribution in [3.05, 3.63) is 60.2 Å². The van der Waals surface area contributed by atoms with E-state index in [9.17, 15) is 19.5 Å². The highest BCUT2D eigenvalue weighted by atomic mass is 32.2. The zero-order valence-corrected chi connectivity index (χ0v) is 23.2. The van der Waals surface area contributed by atoms with Crippen molar-refractivity contribution in [2.24, 2.45) is 11.8 Å². The van der Waals surface area contributed by atoms with Crippen LogP contribution in [0.2, 0.25) is 0 Å². The Morgan fingerprint density at radius 1 is 1.05 bits per heavy atom. The maximum atomic E-state index is 14.5. The molecule has 38 heavy (non-hydrogen) atoms. The number of nitrogens with zero attached hydrogens (tertiary/aromatic N) is 2. The molecule has 0 radical (unpaired) electrons. The topological polar surface area (TPSA) is 87.2 Å². The predicted molar refractivity (Wildman–Crippen MR) is 147 cm³/mol. The molecule has 1 unspecified atom stereocenters. The number of amides is 2. The number of allylic oxidation sites excluding steroid dienone is 1. The minimum atomic E-state index is -0.946. The second-order valence-electron chi connectivity index (χ2n) is 11.3. The van der Waals surface area contributed by atoms with Crippen LogP contribution < -0.4 is 0 Å². The molecule has 4 heterocycles. The van der Waals surface area contributed by atoms with E-state index in [4.69, 9.17) is 4.74 Å². The van der Waals surface area contributed by atoms with E-state index in [1.807, 2.05) is 63.3 Å². The number of hydrogen-bond acceptors (Lipinski definition) is 6. The molecule has 204 valence electrons. The van der Waals surface area contributed by atoms with Gasteiger partial charge in [-0.05, 0) is 52.0 Å². The number of carbonyl (C=O) groups is 3. The quantitative estimate of drug-likeness (QED) is 0.457. The number of cyclic esters (lactones) is 1. The smallest absolute Gasteiger partial charge is 0.311 e. The van der Waals surface area contributed by atoms with Gasteiger partial charge in [0.05, 0.1) is 35.8 Å². The third-order valence-corrected chi connectivity index (χ3v) is 10.3. The van der Waals surface area contributed by atoms with Gasteiger partial charge in [0.25, 0.3) is 0 Å². The van der Waals surface area contributed by atoms with Crippen molar-refractivity contribution in [2.75, 3.05) is 19.8 Å². The summed E-state index contributed by atoms with van der Waals surface area (Å²) in [4.78, 5) is 45.9. The molecule has 1 spiro atoms. The number of aliphatic hydroxyl groups is 1. The number of benzene rings is 1. The van der Waals surface area contributed by atoms with Crippen LogP contribution >= 0.6 is 11.8 Å². The number of thioether (sulfide) groups is 1. The molecule has 4 aliphatic heterocycles. The number of likely N-dealkylation sites (tertiary alicyclic amines) is 1. The molecule has 1 N–H and O–H groups in total. The van der Waals surface area contributed by atoms with Gasteiger partial charge in [0.15, 0.2) is 0 Å². The van der Waals surface area contributed by atoms with Crippen LogP contribution in [0.1, 0.15) is 45.6 Å². The average Bonchev–Trinajstić information content (AvgIpc) is 3.22. The lowest BCUT2D eigenvalue weighted by Gasteiger charge is -2.40. The first-order chi connectivity index (χ1) is 18.2. The molecule has 1 aromatic carbocycles. The summed E-state index contributed by atoms with van der Waals surface area (Å²) < 4.78 is 4.09. The number of esters is 1. The van der Waals surface area contributed by atoms with Crippen LogP contribution in [0.25, 0.3) is 0 Å². The van der Waals surface area contributed by atoms with Crippen molar-refractivity contribution in [2.45, 2.75) is 74.1 Å². The first-order valence-electron chi connectivity index (χ1n) is 13.7. The molecule has 7 nitrogen and oxygen atoms in total. The summed E-state index contributed by atoms with van der Waals surface area (Å²) in [5.74, 6) is -2.27. The normalized spacial score (nSPS) is 34.9. The van der Waals surface area contributed by atoms with E-state index in [2.05, 4.69) is 12.2 Å². The molecule has 0 saturated carbocycles. The second kappa shape index (κ2) is 10.5. The number of hydrogen-bond donors (Lipinski definition) is 1. The molecule has 4 aliphatic rings. The molecule has 2 fully saturated rings. The van der Waals surface area contributed by atoms with Gasteiger partial charge in [-0.25, -0.2) is 0 Å². The lowest BCUT2D eigenvalue weighted by atomic mass is 9.74. The summed E-state index contributed by atoms with van der Waals surface area (Å²) >= 11 is 1.55. The Bertz CT molecular complexity index is 1140. The Hall–Kier alpha value is -2.58. The maximum absolute atomic E-state index is 14.5. The molecule has 0 bridgehead atoms. The largest absolute Gasteiger partial charge is 0.465 e. The molecular formula is C30H38N2O5S. The summed E-state index contributed by atoms with van der Waals surface area (Å²) in [5, 5.41) is 10.6. The average molecular weight is 539 g/mol. The summed E-state index contributed by atoms with van der Waals surface area (Å²) in [6, 6.07) is 8.21. The first kappa shape index (κ1) is 27.0. The minimum absolute atomic E-state index is 0.0624. The Labute approximate surface area is 229 Å². The molecule has 5 rings (SSSR count). The lowest BCUT2D eigenvalue weighted by molar-refractivity contribution is -0.155. The number of carbonyl (C=O) groups excluding carboxylic acids is 3. The van der Waals surface area contributed by atoms with Crippen LogP contribution in [-0.4, -0.2) is 80.1 Å². The SMILES string of the molecule is CC(C)N1CC=C[C@]23S[C@@]4(C)/C=C\CCCCOC(=O)[C@H]4[C@H]2C(=O)N([C@@H](CO)Cc2ccccc2)C3C1=O. The number of ether oxygens (including phenoxy) is 1. The molecule has 0 aliphatic carbocycles. The van der Waals surface area contributed by atoms with Crippen molar-refractivity contribution in [3.63, 3.8) is 0 Å². The summed E-state index contributed by atoms with van der Waals surface area (Å²) in [5.41, 5.74) is 0.973. The van der Waals surface area contributed by atoms with Crippen molar-refractivity contribution in [1.82, 2.24) is 9.80 Å². The van der Waals surface area contributed by atoms with E-state index in [1.54, 1.807) is 21.6 Å². The minimum Gasteiger partial charge on any atom is -0.465 e. The molecule has 8 heteroatoms. The van der Waals surface area contributed by atoms with Crippen molar-refractivity contribution >= 4 is 29.5 Å². The van der Waals surface area contributed by atoms with Crippen LogP contribution in [0, 0.1) is 11.8 Å². The van der Waals surface area contributed by atoms with Crippen LogP contribution in [0.5, 0.6) is 0 Å². The Morgan fingerprint density at radius 2 is 1.82 bits per heavy atom. The Balaban J connectivity index is 1.65. The van der Waals surface area contributed by atoms with Crippen LogP contribution in [0.4, 0.5) is 0 Å². The molecule has 6 atom stereocenters. The van der Waals surface area contributed by atoms with E-state index in [0.717, 1.165) is 24.8 Å². The third kappa shape index (κ3) is 4.39. The third-order valence-electron chi connectivity index (χ3n) is 8.51. The summed E-state index contributed by atoms with van der Waals surface area (Å²) in [6.07, 6.45) is 11.2. The van der Waals surface area contributed by atoms with Gasteiger partial charge in [-0.3, -0.25) is 14.4 Å². The fourth-order valence-corrected chi connectivity index (χ4v) is 8.89. The second-order valence-corrected chi connectivity index (χ2v) is 13.1. The van der Waals surface area contributed by atoms with Gasteiger partial charge in [-0.15, -0.1) is 11.8 Å². The van der Waals surface area contributed by atoms with Crippen molar-refractivity contribution in [3.8, 4) is 0 Å². The molecule has 2 amide bonds. The summed E-state index contributed by atoms with van der Waals surface area (Å²) in [7, 11) is 0. The monoisotopic (exact) mass is 538 g/mol. The lowest BCUT2D eigenvalue weighted by Crippen LogP contribution is -2.58. The van der Waals surface area contributed by atoms with Gasteiger partial charge >= 0.3 is 5.97 Å². The van der Waals surface area contributed by atoms with Gasteiger partial charge in [-0.2, -0.15) is 0 Å². The molecular weight excluding hydrogens is 500 g/mol. The first-order valence-corrected chi connectivity index (χ1v) is 14.5. The molecule has 2 saturated heterocycles. The molecule has 1 aromatic rings. The van der Waals surface area contributed by atoms with Gasteiger partial charge < -0.3 is 19.6 Å². The van der Waals surface area contributed by atoms with E-state index in [0.29, 0.717) is 19.6 Å². The Morgan fingerprint density at radius 3 is 2.53 bits per heavy atom. The fraction of sp³-hybridized carbons (Fsp3) is 0.567. The van der Waals surface area contributed by atoms with Gasteiger partial charge in [-0.1, -0.05) is 54.6 Å². The number of rotatable bonds is 5. The van der Waals surface area contributed by atoms with Crippen LogP contribution in [0.3, 0.4) is 0 Å². The summed E-state index contributed by atoms with van der Waals surface area (Å²) in [6.45, 7) is 6.43. The van der Waals surface area contributed by atoms with Crippen LogP contribution in [0.15, 0.2) is 54.6 Å². The Kier molecular flexibility index (Phi) is 7.48. The van der Waals surface area contributed by atoms with Gasteiger partial charge in [0.1, 0.15) is 6.04 Å². The zero-order chi connectivity index (χ0) is 27.1. The van der Waals surface area contributed by atoms with E-state index >= 15 is 0 Å². The standard InChI is InChI=1S/C30H38N2O5S/c1-20(2)31-16-11-15-30-23(24-28(36)37-17-10-5-4-9-14-29(24,3)38-30)26(34)32(25(30)27(31)35)22(19-33)18-21-12-7-6-8-13-21/h6-9,11-15,20,22-25,33H,4-5,10,16-19H2,1-3H3/b14-9-/t22-,23+,24-,25?,29+,30+/m1/s1. The highest BCUT2D eigenvalue weighted by molar-refractivity contribution is 8.02. The highest BCUT2D eigenvalue weighted by Gasteiger charge is 2.74. The van der Waals surface area contributed by atoms with Gasteiger partial charge in [0.2, 0.25) is 11.8 Å². The van der Waals surface area contributed by atoms with E-state index < -0.39 is 33.4 Å². The number of fused-ring (bicyclic) bond motifs is 2. The zero-order valence-electron chi connectivity index (χ0n) is 22.4. The van der Waals surface area contributed by atoms with Crippen LogP contribution in [-0.2, 0) is 25.5 Å².